The molecule has 3 amide bonds. The first-order chi connectivity index (χ1) is 7.43. The van der Waals surface area contributed by atoms with Gasteiger partial charge in [0.1, 0.15) is 17.2 Å². The molecule has 0 spiro atoms. The second-order valence-electron chi connectivity index (χ2n) is 3.00. The molecule has 0 aromatic heterocycles. The van der Waals surface area contributed by atoms with Crippen LogP contribution in [0.4, 0.5) is 13.6 Å². The second kappa shape index (κ2) is 4.56. The van der Waals surface area contributed by atoms with Crippen molar-refractivity contribution in [3.63, 3.8) is 0 Å². The molecule has 5 nitrogen and oxygen atoms in total. The van der Waals surface area contributed by atoms with Crippen molar-refractivity contribution in [2.45, 2.75) is 6.92 Å². The van der Waals surface area contributed by atoms with E-state index in [2.05, 4.69) is 5.73 Å². The average molecular weight is 229 g/mol. The Kier molecular flexibility index (Phi) is 3.39. The first-order valence-corrected chi connectivity index (χ1v) is 4.24. The fourth-order valence-corrected chi connectivity index (χ4v) is 1.05. The highest BCUT2D eigenvalue weighted by Gasteiger charge is 2.18. The van der Waals surface area contributed by atoms with Crippen LogP contribution in [-0.2, 0) is 0 Å². The lowest BCUT2D eigenvalue weighted by atomic mass is 10.1. The Morgan fingerprint density at radius 3 is 2.44 bits per heavy atom. The number of nitrogens with two attached hydrogens (primary N) is 1. The summed E-state index contributed by atoms with van der Waals surface area (Å²) in [7, 11) is 0. The van der Waals surface area contributed by atoms with Crippen LogP contribution < -0.4 is 16.6 Å². The molecule has 1 aromatic rings. The van der Waals surface area contributed by atoms with Crippen LogP contribution in [0, 0.1) is 18.6 Å². The molecule has 0 aliphatic carbocycles. The van der Waals surface area contributed by atoms with Crippen molar-refractivity contribution >= 4 is 11.9 Å². The maximum absolute atomic E-state index is 13.4. The van der Waals surface area contributed by atoms with Crippen molar-refractivity contribution in [2.75, 3.05) is 0 Å². The summed E-state index contributed by atoms with van der Waals surface area (Å²) in [6, 6.07) is 1.11. The van der Waals surface area contributed by atoms with Crippen LogP contribution >= 0.6 is 0 Å². The average Bonchev–Trinajstić information content (AvgIpc) is 2.21. The predicted octanol–water partition coefficient (Wildman–Crippen LogP) is 0.586. The van der Waals surface area contributed by atoms with Gasteiger partial charge in [0.25, 0.3) is 5.91 Å². The number of amides is 3. The van der Waals surface area contributed by atoms with Crippen LogP contribution in [0.25, 0.3) is 0 Å². The van der Waals surface area contributed by atoms with Gasteiger partial charge in [-0.15, -0.1) is 0 Å². The lowest BCUT2D eigenvalue weighted by Crippen LogP contribution is -2.45. The molecule has 0 radical (unpaired) electrons. The smallest absolute Gasteiger partial charge is 0.330 e. The zero-order chi connectivity index (χ0) is 12.3. The molecule has 0 saturated heterocycles. The summed E-state index contributed by atoms with van der Waals surface area (Å²) in [6.07, 6.45) is 0. The van der Waals surface area contributed by atoms with Crippen molar-refractivity contribution in [1.82, 2.24) is 10.9 Å². The lowest BCUT2D eigenvalue weighted by Gasteiger charge is -2.08. The number of urea groups is 1. The van der Waals surface area contributed by atoms with Gasteiger partial charge < -0.3 is 5.73 Å². The molecule has 1 rings (SSSR count). The van der Waals surface area contributed by atoms with Crippen molar-refractivity contribution < 1.29 is 18.4 Å². The second-order valence-corrected chi connectivity index (χ2v) is 3.00. The van der Waals surface area contributed by atoms with Gasteiger partial charge in [0.15, 0.2) is 0 Å². The van der Waals surface area contributed by atoms with Crippen molar-refractivity contribution in [3.8, 4) is 0 Å². The van der Waals surface area contributed by atoms with E-state index in [-0.39, 0.29) is 5.56 Å². The van der Waals surface area contributed by atoms with Gasteiger partial charge in [0.2, 0.25) is 0 Å². The maximum Gasteiger partial charge on any atom is 0.330 e. The van der Waals surface area contributed by atoms with Crippen LogP contribution in [0.1, 0.15) is 15.9 Å². The van der Waals surface area contributed by atoms with Crippen molar-refractivity contribution in [1.29, 1.82) is 0 Å². The molecular formula is C9H9F2N3O2. The minimum atomic E-state index is -1.11. The Hall–Kier alpha value is -2.18. The fraction of sp³-hybridized carbons (Fsp3) is 0.111. The molecule has 0 bridgehead atoms. The number of carbonyl (C=O) groups excluding carboxylic acids is 2. The Bertz CT molecular complexity index is 449. The predicted molar refractivity (Wildman–Crippen MR) is 51.3 cm³/mol. The van der Waals surface area contributed by atoms with Gasteiger partial charge in [-0.25, -0.2) is 19.0 Å². The molecule has 0 heterocycles. The van der Waals surface area contributed by atoms with Gasteiger partial charge in [0, 0.05) is 0 Å². The van der Waals surface area contributed by atoms with Gasteiger partial charge in [-0.3, -0.25) is 10.2 Å². The Labute approximate surface area is 89.6 Å². The first-order valence-electron chi connectivity index (χ1n) is 4.24. The molecule has 4 N–H and O–H groups in total. The monoisotopic (exact) mass is 229 g/mol. The van der Waals surface area contributed by atoms with Gasteiger partial charge >= 0.3 is 6.03 Å². The van der Waals surface area contributed by atoms with Crippen LogP contribution in [0.5, 0.6) is 0 Å². The topological polar surface area (TPSA) is 84.2 Å². The van der Waals surface area contributed by atoms with E-state index in [0.29, 0.717) is 0 Å². The first kappa shape index (κ1) is 11.9. The third kappa shape index (κ3) is 2.44. The number of hydrogen-bond donors (Lipinski definition) is 3. The molecule has 1 aromatic carbocycles. The summed E-state index contributed by atoms with van der Waals surface area (Å²) in [6.45, 7) is 1.38. The highest BCUT2D eigenvalue weighted by molar-refractivity contribution is 5.95. The van der Waals surface area contributed by atoms with E-state index < -0.39 is 29.1 Å². The molecule has 0 atom stereocenters. The van der Waals surface area contributed by atoms with Gasteiger partial charge in [-0.2, -0.15) is 0 Å². The molecule has 0 aliphatic heterocycles. The number of halogens is 2. The third-order valence-corrected chi connectivity index (χ3v) is 1.81. The summed E-state index contributed by atoms with van der Waals surface area (Å²) >= 11 is 0. The van der Waals surface area contributed by atoms with Gasteiger partial charge in [-0.1, -0.05) is 6.07 Å². The van der Waals surface area contributed by atoms with Gasteiger partial charge in [0.05, 0.1) is 0 Å². The number of hydrogen-bond acceptors (Lipinski definition) is 2. The molecule has 0 unspecified atom stereocenters. The largest absolute Gasteiger partial charge is 0.350 e. The Morgan fingerprint density at radius 2 is 1.88 bits per heavy atom. The standard InChI is InChI=1S/C9H9F2N3O2/c1-4-2-3-5(10)6(7(4)11)8(15)13-14-9(12)16/h2-3H,1H3,(H,13,15)(H3,12,14,16). The Balaban J connectivity index is 2.99. The normalized spacial score (nSPS) is 9.69. The third-order valence-electron chi connectivity index (χ3n) is 1.81. The minimum absolute atomic E-state index is 0.116. The molecule has 0 aliphatic rings. The van der Waals surface area contributed by atoms with Crippen LogP contribution in [0.3, 0.4) is 0 Å². The number of primary amides is 1. The minimum Gasteiger partial charge on any atom is -0.350 e. The van der Waals surface area contributed by atoms with E-state index in [1.165, 1.54) is 13.0 Å². The summed E-state index contributed by atoms with van der Waals surface area (Å²) in [5.41, 5.74) is 7.51. The SMILES string of the molecule is Cc1ccc(F)c(C(=O)NNC(N)=O)c1F. The zero-order valence-corrected chi connectivity index (χ0v) is 8.30. The van der Waals surface area contributed by atoms with E-state index in [1.54, 1.807) is 10.9 Å². The molecule has 86 valence electrons. The number of benzene rings is 1. The number of aryl methyl sites for hydroxylation is 1. The van der Waals surface area contributed by atoms with E-state index in [1.807, 2.05) is 0 Å². The molecule has 16 heavy (non-hydrogen) atoms. The quantitative estimate of drug-likeness (QED) is 0.615. The van der Waals surface area contributed by atoms with E-state index in [0.717, 1.165) is 6.07 Å². The van der Waals surface area contributed by atoms with Crippen molar-refractivity contribution in [2.24, 2.45) is 5.73 Å². The summed E-state index contributed by atoms with van der Waals surface area (Å²) < 4.78 is 26.6. The zero-order valence-electron chi connectivity index (χ0n) is 8.30. The molecule has 7 heteroatoms. The van der Waals surface area contributed by atoms with Gasteiger partial charge in [-0.05, 0) is 18.6 Å². The maximum atomic E-state index is 13.4. The highest BCUT2D eigenvalue weighted by Crippen LogP contribution is 2.15. The van der Waals surface area contributed by atoms with E-state index >= 15 is 0 Å². The number of carbonyl (C=O) groups is 2. The van der Waals surface area contributed by atoms with Crippen LogP contribution in [0.2, 0.25) is 0 Å². The van der Waals surface area contributed by atoms with Crippen LogP contribution in [0.15, 0.2) is 12.1 Å². The summed E-state index contributed by atoms with van der Waals surface area (Å²) in [5, 5.41) is 0. The summed E-state index contributed by atoms with van der Waals surface area (Å²) in [4.78, 5) is 21.6. The number of rotatable bonds is 1. The molecule has 0 fully saturated rings. The molecule has 0 saturated carbocycles. The van der Waals surface area contributed by atoms with E-state index in [4.69, 9.17) is 0 Å². The fourth-order valence-electron chi connectivity index (χ4n) is 1.05. The van der Waals surface area contributed by atoms with Crippen LogP contribution in [-0.4, -0.2) is 11.9 Å². The molecular weight excluding hydrogens is 220 g/mol. The number of nitrogens with one attached hydrogen (secondary N) is 2. The van der Waals surface area contributed by atoms with Crippen molar-refractivity contribution in [3.05, 3.63) is 34.9 Å². The van der Waals surface area contributed by atoms with E-state index in [9.17, 15) is 18.4 Å². The number of hydrazine groups is 1. The summed E-state index contributed by atoms with van der Waals surface area (Å²) in [5.74, 6) is -3.12. The Morgan fingerprint density at radius 1 is 1.25 bits per heavy atom. The highest BCUT2D eigenvalue weighted by atomic mass is 19.1. The lowest BCUT2D eigenvalue weighted by molar-refractivity contribution is 0.0928.